The van der Waals surface area contributed by atoms with Gasteiger partial charge in [0.15, 0.2) is 0 Å². The molecule has 0 saturated heterocycles. The smallest absolute Gasteiger partial charge is 0.488 e. The van der Waals surface area contributed by atoms with Gasteiger partial charge in [-0.3, -0.25) is 0 Å². The molecule has 0 N–H and O–H groups in total. The van der Waals surface area contributed by atoms with Gasteiger partial charge < -0.3 is 13.5 Å². The Balaban J connectivity index is 1.74. The summed E-state index contributed by atoms with van der Waals surface area (Å²) in [6, 6.07) is 7.16. The highest BCUT2D eigenvalue weighted by Crippen LogP contribution is 2.25. The molecule has 1 aromatic heterocycles. The number of nitrogens with zero attached hydrogens (tertiary/aromatic N) is 2. The lowest BCUT2D eigenvalue weighted by molar-refractivity contribution is 0.292. The fourth-order valence-electron chi connectivity index (χ4n) is 2.38. The van der Waals surface area contributed by atoms with Crippen LogP contribution in [0.3, 0.4) is 0 Å². The van der Waals surface area contributed by atoms with Crippen LogP contribution in [0.25, 0.3) is 11.4 Å². The van der Waals surface area contributed by atoms with E-state index in [-0.39, 0.29) is 22.6 Å². The standard InChI is InChI=1S/C17H13F3N2O4S/c1-22-7-6-21-17(22)11-8-15(18)14(16(19)9-11)10-25-12-2-4-13(5-3-12)26-27(20,23)24/h2-9H,10H2,1H3. The van der Waals surface area contributed by atoms with Crippen LogP contribution in [0.2, 0.25) is 0 Å². The van der Waals surface area contributed by atoms with Gasteiger partial charge in [-0.25, -0.2) is 13.8 Å². The summed E-state index contributed by atoms with van der Waals surface area (Å²) in [5.41, 5.74) is 0.00908. The zero-order valence-corrected chi connectivity index (χ0v) is 14.7. The van der Waals surface area contributed by atoms with Gasteiger partial charge >= 0.3 is 10.5 Å². The molecule has 0 aliphatic carbocycles. The number of aryl methyl sites for hydroxylation is 1. The van der Waals surface area contributed by atoms with Crippen molar-refractivity contribution < 1.29 is 30.0 Å². The van der Waals surface area contributed by atoms with Crippen LogP contribution in [0.1, 0.15) is 5.56 Å². The summed E-state index contributed by atoms with van der Waals surface area (Å²) >= 11 is 0. The van der Waals surface area contributed by atoms with Crippen molar-refractivity contribution in [2.45, 2.75) is 6.61 Å². The van der Waals surface area contributed by atoms with Gasteiger partial charge in [-0.2, -0.15) is 8.42 Å². The first kappa shape index (κ1) is 18.8. The quantitative estimate of drug-likeness (QED) is 0.594. The predicted octanol–water partition coefficient (Wildman–Crippen LogP) is 3.54. The maximum absolute atomic E-state index is 14.3. The lowest BCUT2D eigenvalue weighted by Crippen LogP contribution is -2.04. The Morgan fingerprint density at radius 3 is 2.19 bits per heavy atom. The van der Waals surface area contributed by atoms with Gasteiger partial charge in [0.1, 0.15) is 35.6 Å². The highest BCUT2D eigenvalue weighted by Gasteiger charge is 2.15. The van der Waals surface area contributed by atoms with E-state index < -0.39 is 28.7 Å². The van der Waals surface area contributed by atoms with Crippen LogP contribution in [0.15, 0.2) is 48.8 Å². The molecule has 142 valence electrons. The van der Waals surface area contributed by atoms with Crippen LogP contribution in [0, 0.1) is 11.6 Å². The fourth-order valence-corrected chi connectivity index (χ4v) is 2.72. The molecule has 6 nitrogen and oxygen atoms in total. The van der Waals surface area contributed by atoms with Crippen molar-refractivity contribution in [3.05, 3.63) is 66.0 Å². The maximum Gasteiger partial charge on any atom is 0.488 e. The minimum atomic E-state index is -5.13. The molecule has 0 amide bonds. The van der Waals surface area contributed by atoms with Gasteiger partial charge in [0.05, 0.1) is 5.56 Å². The Hall–Kier alpha value is -3.01. The average molecular weight is 398 g/mol. The molecule has 0 fully saturated rings. The summed E-state index contributed by atoms with van der Waals surface area (Å²) in [5.74, 6) is -1.25. The van der Waals surface area contributed by atoms with Crippen molar-refractivity contribution >= 4 is 10.5 Å². The second kappa shape index (κ2) is 7.31. The lowest BCUT2D eigenvalue weighted by Gasteiger charge is -2.10. The summed E-state index contributed by atoms with van der Waals surface area (Å²) in [6.45, 7) is -0.403. The van der Waals surface area contributed by atoms with Crippen molar-refractivity contribution in [1.82, 2.24) is 9.55 Å². The Morgan fingerprint density at radius 1 is 1.07 bits per heavy atom. The molecule has 0 atom stereocenters. The maximum atomic E-state index is 14.3. The number of benzene rings is 2. The zero-order chi connectivity index (χ0) is 19.6. The van der Waals surface area contributed by atoms with Crippen molar-refractivity contribution in [1.29, 1.82) is 0 Å². The molecule has 1 heterocycles. The van der Waals surface area contributed by atoms with Gasteiger partial charge in [-0.05, 0) is 36.4 Å². The first-order chi connectivity index (χ1) is 12.7. The molecule has 0 saturated carbocycles. The Kier molecular flexibility index (Phi) is 5.08. The van der Waals surface area contributed by atoms with Crippen LogP contribution in [0.4, 0.5) is 12.7 Å². The third kappa shape index (κ3) is 4.59. The van der Waals surface area contributed by atoms with Gasteiger partial charge in [0.2, 0.25) is 0 Å². The third-order valence-electron chi connectivity index (χ3n) is 3.62. The van der Waals surface area contributed by atoms with E-state index in [0.717, 1.165) is 24.3 Å². The molecule has 3 rings (SSSR count). The molecule has 0 radical (unpaired) electrons. The average Bonchev–Trinajstić information content (AvgIpc) is 3.00. The van der Waals surface area contributed by atoms with Crippen LogP contribution in [-0.4, -0.2) is 18.0 Å². The van der Waals surface area contributed by atoms with Gasteiger partial charge in [-0.15, -0.1) is 0 Å². The number of imidazole rings is 1. The Bertz CT molecular complexity index is 1040. The van der Waals surface area contributed by atoms with Gasteiger partial charge in [-0.1, -0.05) is 3.89 Å². The predicted molar refractivity (Wildman–Crippen MR) is 90.0 cm³/mol. The van der Waals surface area contributed by atoms with E-state index in [1.165, 1.54) is 18.3 Å². The molecule has 27 heavy (non-hydrogen) atoms. The van der Waals surface area contributed by atoms with Crippen LogP contribution in [-0.2, 0) is 24.2 Å². The number of ether oxygens (including phenoxy) is 1. The van der Waals surface area contributed by atoms with Crippen molar-refractivity contribution in [3.63, 3.8) is 0 Å². The minimum absolute atomic E-state index is 0.186. The summed E-state index contributed by atoms with van der Waals surface area (Å²) < 4.78 is 72.8. The molecular weight excluding hydrogens is 385 g/mol. The van der Waals surface area contributed by atoms with Crippen molar-refractivity contribution in [2.24, 2.45) is 7.05 Å². The normalized spacial score (nSPS) is 11.4. The Morgan fingerprint density at radius 2 is 1.67 bits per heavy atom. The molecule has 0 spiro atoms. The molecule has 3 aromatic rings. The Labute approximate surface area is 153 Å². The molecule has 0 bridgehead atoms. The summed E-state index contributed by atoms with van der Waals surface area (Å²) in [4.78, 5) is 4.04. The van der Waals surface area contributed by atoms with Crippen molar-refractivity contribution in [3.8, 4) is 22.9 Å². The molecule has 10 heteroatoms. The molecule has 0 aliphatic heterocycles. The van der Waals surface area contributed by atoms with Crippen molar-refractivity contribution in [2.75, 3.05) is 0 Å². The van der Waals surface area contributed by atoms with E-state index in [1.54, 1.807) is 17.8 Å². The second-order valence-corrected chi connectivity index (χ2v) is 6.47. The molecule has 0 unspecified atom stereocenters. The summed E-state index contributed by atoms with van der Waals surface area (Å²) in [5, 5.41) is 0. The van der Waals surface area contributed by atoms with Crippen LogP contribution < -0.4 is 8.92 Å². The first-order valence-electron chi connectivity index (χ1n) is 7.55. The second-order valence-electron chi connectivity index (χ2n) is 5.52. The SMILES string of the molecule is Cn1ccnc1-c1cc(F)c(COc2ccc(OS(=O)(=O)F)cc2)c(F)c1. The third-order valence-corrected chi connectivity index (χ3v) is 4.01. The van der Waals surface area contributed by atoms with Crippen LogP contribution in [0.5, 0.6) is 11.5 Å². The van der Waals surface area contributed by atoms with E-state index in [0.29, 0.717) is 5.82 Å². The molecule has 0 aliphatic rings. The van der Waals surface area contributed by atoms with E-state index in [1.807, 2.05) is 0 Å². The highest BCUT2D eigenvalue weighted by atomic mass is 32.3. The summed E-state index contributed by atoms with van der Waals surface area (Å²) in [6.07, 6.45) is 3.17. The largest absolute Gasteiger partial charge is 0.489 e. The lowest BCUT2D eigenvalue weighted by atomic mass is 10.1. The number of hydrogen-bond donors (Lipinski definition) is 0. The van der Waals surface area contributed by atoms with E-state index in [2.05, 4.69) is 9.17 Å². The molecule has 2 aromatic carbocycles. The van der Waals surface area contributed by atoms with Crippen LogP contribution >= 0.6 is 0 Å². The number of hydrogen-bond acceptors (Lipinski definition) is 5. The first-order valence-corrected chi connectivity index (χ1v) is 8.86. The number of halogens is 3. The van der Waals surface area contributed by atoms with Gasteiger partial charge in [0.25, 0.3) is 0 Å². The minimum Gasteiger partial charge on any atom is -0.489 e. The number of rotatable bonds is 6. The monoisotopic (exact) mass is 398 g/mol. The summed E-state index contributed by atoms with van der Waals surface area (Å²) in [7, 11) is -3.42. The van der Waals surface area contributed by atoms with Gasteiger partial charge in [0, 0.05) is 25.0 Å². The fraction of sp³-hybridized carbons (Fsp3) is 0.118. The topological polar surface area (TPSA) is 70.4 Å². The van der Waals surface area contributed by atoms with E-state index in [4.69, 9.17) is 4.74 Å². The molecular formula is C17H13F3N2O4S. The number of aromatic nitrogens is 2. The highest BCUT2D eigenvalue weighted by molar-refractivity contribution is 7.81. The van der Waals surface area contributed by atoms with E-state index >= 15 is 0 Å². The zero-order valence-electron chi connectivity index (χ0n) is 13.9. The van der Waals surface area contributed by atoms with E-state index in [9.17, 15) is 21.1 Å².